The van der Waals surface area contributed by atoms with Crippen LogP contribution in [-0.4, -0.2) is 41.2 Å². The molecule has 0 amide bonds. The first kappa shape index (κ1) is 41.3. The molecule has 0 heterocycles. The van der Waals surface area contributed by atoms with Crippen molar-refractivity contribution in [3.05, 3.63) is 97.4 Å². The summed E-state index contributed by atoms with van der Waals surface area (Å²) in [5.74, 6) is 0. The standard InChI is InChI=1S/C18H15OP.C12H27OP.C4H8FO2.Tb/c19-20(16-10-4-1-5-11-16,17-12-6-2-7-13-17)18-14-8-3-9-15-18;1-4-7-10-14(13,11-8-5-2)12-9-6-3;1-3(6)2-4(5)7;/h1-15H;4-12H2,1-3H3;2-4,6-7H,1H3;. The Bertz CT molecular complexity index is 1010. The summed E-state index contributed by atoms with van der Waals surface area (Å²) in [5.41, 5.74) is 0. The summed E-state index contributed by atoms with van der Waals surface area (Å²) in [7, 11) is -4.55. The third kappa shape index (κ3) is 15.8. The van der Waals surface area contributed by atoms with Crippen LogP contribution < -0.4 is 15.9 Å². The number of unbranched alkanes of at least 4 members (excludes halogenated alkanes) is 3. The van der Waals surface area contributed by atoms with Crippen LogP contribution in [0.2, 0.25) is 0 Å². The second-order valence-corrected chi connectivity index (χ2v) is 16.4. The fourth-order valence-electron chi connectivity index (χ4n) is 4.27. The maximum Gasteiger partial charge on any atom is 0.202 e. The SMILES string of the molecule is CC(O)[CH]C(O)F.CCCCP(=O)(CCCC)CCCC.O=P(c1ccccc1)(c1ccccc1)c1ccccc1.[Tb]. The maximum atomic E-state index is 13.8. The van der Waals surface area contributed by atoms with Gasteiger partial charge in [0, 0.05) is 73.0 Å². The van der Waals surface area contributed by atoms with Crippen LogP contribution in [0.15, 0.2) is 91.0 Å². The molecule has 0 aromatic heterocycles. The zero-order chi connectivity index (χ0) is 30.6. The van der Waals surface area contributed by atoms with Crippen molar-refractivity contribution >= 4 is 30.2 Å². The van der Waals surface area contributed by atoms with E-state index in [0.717, 1.165) is 60.1 Å². The molecule has 0 spiro atoms. The fourth-order valence-corrected chi connectivity index (χ4v) is 10.3. The van der Waals surface area contributed by atoms with Gasteiger partial charge in [-0.1, -0.05) is 131 Å². The summed E-state index contributed by atoms with van der Waals surface area (Å²) in [5, 5.41) is 18.7. The Morgan fingerprint density at radius 3 is 1.12 bits per heavy atom. The molecule has 3 aromatic rings. The Balaban J connectivity index is 0.000000671. The number of aliphatic hydroxyl groups is 2. The van der Waals surface area contributed by atoms with Crippen LogP contribution in [-0.2, 0) is 9.13 Å². The van der Waals surface area contributed by atoms with Crippen LogP contribution in [0.1, 0.15) is 66.2 Å². The zero-order valence-corrected chi connectivity index (χ0v) is 29.5. The summed E-state index contributed by atoms with van der Waals surface area (Å²) in [6, 6.07) is 29.1. The van der Waals surface area contributed by atoms with Gasteiger partial charge in [-0.25, -0.2) is 4.39 Å². The predicted octanol–water partition coefficient (Wildman–Crippen LogP) is 7.94. The quantitative estimate of drug-likeness (QED) is 0.164. The van der Waals surface area contributed by atoms with Crippen molar-refractivity contribution in [3.63, 3.8) is 0 Å². The van der Waals surface area contributed by atoms with E-state index in [4.69, 9.17) is 10.2 Å². The van der Waals surface area contributed by atoms with E-state index in [2.05, 4.69) is 20.8 Å². The van der Waals surface area contributed by atoms with Crippen LogP contribution in [0.4, 0.5) is 4.39 Å². The largest absolute Gasteiger partial charge is 0.393 e. The van der Waals surface area contributed by atoms with Crippen molar-refractivity contribution in [3.8, 4) is 0 Å². The zero-order valence-electron chi connectivity index (χ0n) is 25.6. The molecule has 3 rings (SSSR count). The van der Waals surface area contributed by atoms with E-state index in [-0.39, 0.29) is 38.6 Å². The molecule has 2 atom stereocenters. The average Bonchev–Trinajstić information content (AvgIpc) is 2.99. The monoisotopic (exact) mass is 762 g/mol. The van der Waals surface area contributed by atoms with Gasteiger partial charge < -0.3 is 19.3 Å². The van der Waals surface area contributed by atoms with Gasteiger partial charge in [0.25, 0.3) is 0 Å². The molecule has 0 saturated carbocycles. The van der Waals surface area contributed by atoms with E-state index in [1.54, 1.807) is 0 Å². The molecule has 3 aromatic carbocycles. The second kappa shape index (κ2) is 23.6. The minimum atomic E-state index is -2.78. The minimum Gasteiger partial charge on any atom is -0.393 e. The number of aliphatic hydroxyl groups excluding tert-OH is 2. The molecule has 0 aliphatic rings. The van der Waals surface area contributed by atoms with Crippen LogP contribution in [0.5, 0.6) is 0 Å². The molecule has 8 heteroatoms. The molecule has 2 unspecified atom stereocenters. The average molecular weight is 763 g/mol. The summed E-state index contributed by atoms with van der Waals surface area (Å²) in [6.07, 6.45) is 7.93. The van der Waals surface area contributed by atoms with E-state index in [1.165, 1.54) is 26.2 Å². The first-order valence-corrected chi connectivity index (χ1v) is 18.8. The van der Waals surface area contributed by atoms with Crippen molar-refractivity contribution in [1.29, 1.82) is 0 Å². The molecule has 0 bridgehead atoms. The van der Waals surface area contributed by atoms with E-state index < -0.39 is 26.7 Å². The van der Waals surface area contributed by atoms with Gasteiger partial charge in [0.1, 0.15) is 0 Å². The molecule has 2 radical (unpaired) electrons. The van der Waals surface area contributed by atoms with Crippen LogP contribution >= 0.6 is 14.3 Å². The molecule has 0 saturated heterocycles. The van der Waals surface area contributed by atoms with Gasteiger partial charge in [0.15, 0.2) is 7.14 Å². The van der Waals surface area contributed by atoms with E-state index in [0.29, 0.717) is 0 Å². The summed E-state index contributed by atoms with van der Waals surface area (Å²) in [4.78, 5) is 0. The molecule has 0 aliphatic heterocycles. The number of benzene rings is 3. The Morgan fingerprint density at radius 1 is 0.643 bits per heavy atom. The molecule has 2 N–H and O–H groups in total. The smallest absolute Gasteiger partial charge is 0.202 e. The van der Waals surface area contributed by atoms with Crippen molar-refractivity contribution in [2.75, 3.05) is 18.5 Å². The normalized spacial score (nSPS) is 12.5. The van der Waals surface area contributed by atoms with Crippen molar-refractivity contribution in [2.24, 2.45) is 0 Å². The van der Waals surface area contributed by atoms with Gasteiger partial charge in [0.2, 0.25) is 6.36 Å². The maximum absolute atomic E-state index is 13.8. The third-order valence-corrected chi connectivity index (χ3v) is 13.0. The number of halogens is 1. The van der Waals surface area contributed by atoms with Gasteiger partial charge in [-0.3, -0.25) is 0 Å². The molecule has 236 valence electrons. The minimum absolute atomic E-state index is 0. The van der Waals surface area contributed by atoms with Crippen molar-refractivity contribution in [2.45, 2.75) is 78.7 Å². The summed E-state index contributed by atoms with van der Waals surface area (Å²) < 4.78 is 37.6. The Labute approximate surface area is 285 Å². The van der Waals surface area contributed by atoms with Gasteiger partial charge in [-0.05, 0) is 26.2 Å². The molecule has 0 fully saturated rings. The van der Waals surface area contributed by atoms with Gasteiger partial charge in [-0.2, -0.15) is 0 Å². The van der Waals surface area contributed by atoms with Crippen molar-refractivity contribution in [1.82, 2.24) is 0 Å². The second-order valence-electron chi connectivity index (χ2n) is 10.2. The number of hydrogen-bond donors (Lipinski definition) is 2. The Hall–Kier alpha value is -0.744. The van der Waals surface area contributed by atoms with Gasteiger partial charge >= 0.3 is 0 Å². The van der Waals surface area contributed by atoms with Crippen LogP contribution in [0.3, 0.4) is 0 Å². The summed E-state index contributed by atoms with van der Waals surface area (Å²) in [6.45, 7) is 7.92. The first-order valence-electron chi connectivity index (χ1n) is 14.8. The molecule has 0 aliphatic carbocycles. The molecular weight excluding hydrogens is 712 g/mol. The van der Waals surface area contributed by atoms with Crippen LogP contribution in [0.25, 0.3) is 0 Å². The van der Waals surface area contributed by atoms with E-state index in [1.807, 2.05) is 91.0 Å². The van der Waals surface area contributed by atoms with E-state index >= 15 is 0 Å². The third-order valence-electron chi connectivity index (χ3n) is 6.55. The van der Waals surface area contributed by atoms with Crippen LogP contribution in [0, 0.1) is 45.0 Å². The number of rotatable bonds is 14. The number of hydrogen-bond acceptors (Lipinski definition) is 4. The van der Waals surface area contributed by atoms with Gasteiger partial charge in [-0.15, -0.1) is 0 Å². The van der Waals surface area contributed by atoms with E-state index in [9.17, 15) is 13.5 Å². The summed E-state index contributed by atoms with van der Waals surface area (Å²) >= 11 is 0. The number of alkyl halides is 1. The fraction of sp³-hybridized carbons (Fsp3) is 0.441. The van der Waals surface area contributed by atoms with Crippen molar-refractivity contribution < 1.29 is 62.3 Å². The first-order chi connectivity index (χ1) is 19.6. The van der Waals surface area contributed by atoms with Gasteiger partial charge in [0.05, 0.1) is 19.7 Å². The Kier molecular flexibility index (Phi) is 23.2. The topological polar surface area (TPSA) is 74.6 Å². The Morgan fingerprint density at radius 2 is 0.929 bits per heavy atom. The molecule has 42 heavy (non-hydrogen) atoms. The molecular formula is C34H50FO4P2Tb. The predicted molar refractivity (Wildman–Crippen MR) is 176 cm³/mol. The molecule has 4 nitrogen and oxygen atoms in total.